The van der Waals surface area contributed by atoms with E-state index in [4.69, 9.17) is 0 Å². The first-order chi connectivity index (χ1) is 6.31. The third kappa shape index (κ3) is 1.61. The summed E-state index contributed by atoms with van der Waals surface area (Å²) in [6.07, 6.45) is 1.23. The average Bonchev–Trinajstić information content (AvgIpc) is 2.59. The fraction of sp³-hybridized carbons (Fsp3) is 0.333. The molecule has 2 aromatic rings. The summed E-state index contributed by atoms with van der Waals surface area (Å²) in [5, 5.41) is 1.39. The highest BCUT2D eigenvalue weighted by molar-refractivity contribution is 7.19. The topological polar surface area (TPSA) is 0 Å². The molecule has 0 spiro atoms. The predicted octanol–water partition coefficient (Wildman–Crippen LogP) is 4.41. The van der Waals surface area contributed by atoms with Gasteiger partial charge in [0, 0.05) is 9.58 Å². The van der Waals surface area contributed by atoms with Gasteiger partial charge in [0.1, 0.15) is 0 Å². The van der Waals surface area contributed by atoms with Gasteiger partial charge in [-0.1, -0.05) is 32.0 Å². The summed E-state index contributed by atoms with van der Waals surface area (Å²) in [4.78, 5) is 1.52. The van der Waals surface area contributed by atoms with Crippen LogP contribution in [-0.2, 0) is 0 Å². The molecule has 1 atom stereocenters. The van der Waals surface area contributed by atoms with Crippen LogP contribution in [0.25, 0.3) is 10.1 Å². The molecule has 0 saturated heterocycles. The van der Waals surface area contributed by atoms with E-state index in [1.54, 1.807) is 0 Å². The molecule has 1 heterocycles. The van der Waals surface area contributed by atoms with Gasteiger partial charge in [-0.05, 0) is 29.9 Å². The molecule has 2 rings (SSSR count). The van der Waals surface area contributed by atoms with Crippen LogP contribution >= 0.6 is 11.3 Å². The maximum atomic E-state index is 2.33. The van der Waals surface area contributed by atoms with Crippen LogP contribution in [0.5, 0.6) is 0 Å². The first-order valence-corrected chi connectivity index (χ1v) is 5.61. The molecule has 0 aliphatic carbocycles. The average molecular weight is 190 g/mol. The van der Waals surface area contributed by atoms with Gasteiger partial charge in [-0.15, -0.1) is 11.3 Å². The number of thiophene rings is 1. The number of fused-ring (bicyclic) bond motifs is 1. The summed E-state index contributed by atoms with van der Waals surface area (Å²) < 4.78 is 1.41. The summed E-state index contributed by atoms with van der Waals surface area (Å²) in [5.41, 5.74) is 0. The molecule has 13 heavy (non-hydrogen) atoms. The van der Waals surface area contributed by atoms with Crippen molar-refractivity contribution in [1.82, 2.24) is 0 Å². The van der Waals surface area contributed by atoms with Gasteiger partial charge in [0.2, 0.25) is 0 Å². The van der Waals surface area contributed by atoms with Crippen molar-refractivity contribution in [3.05, 3.63) is 35.2 Å². The predicted molar refractivity (Wildman–Crippen MR) is 60.5 cm³/mol. The number of rotatable bonds is 2. The molecule has 0 N–H and O–H groups in total. The summed E-state index contributed by atoms with van der Waals surface area (Å²) in [7, 11) is 0. The van der Waals surface area contributed by atoms with Crippen LogP contribution in [-0.4, -0.2) is 0 Å². The highest BCUT2D eigenvalue weighted by Gasteiger charge is 2.06. The quantitative estimate of drug-likeness (QED) is 0.657. The van der Waals surface area contributed by atoms with E-state index in [1.807, 2.05) is 11.3 Å². The molecular formula is C12H14S. The minimum Gasteiger partial charge on any atom is -0.140 e. The van der Waals surface area contributed by atoms with Crippen LogP contribution < -0.4 is 0 Å². The molecule has 0 saturated carbocycles. The molecule has 68 valence electrons. The van der Waals surface area contributed by atoms with Gasteiger partial charge < -0.3 is 0 Å². The van der Waals surface area contributed by atoms with E-state index in [-0.39, 0.29) is 0 Å². The van der Waals surface area contributed by atoms with Crippen molar-refractivity contribution in [2.45, 2.75) is 26.2 Å². The van der Waals surface area contributed by atoms with Gasteiger partial charge in [0.15, 0.2) is 0 Å². The van der Waals surface area contributed by atoms with E-state index in [2.05, 4.69) is 44.2 Å². The van der Waals surface area contributed by atoms with Crippen LogP contribution in [0.4, 0.5) is 0 Å². The summed E-state index contributed by atoms with van der Waals surface area (Å²) in [6.45, 7) is 4.54. The normalized spacial score (nSPS) is 13.4. The van der Waals surface area contributed by atoms with Gasteiger partial charge in [0.25, 0.3) is 0 Å². The van der Waals surface area contributed by atoms with E-state index in [9.17, 15) is 0 Å². The largest absolute Gasteiger partial charge is 0.140 e. The standard InChI is InChI=1S/C12H14S/c1-3-9(2)12-8-10-6-4-5-7-11(10)13-12/h4-9H,3H2,1-2H3/t9-/m1/s1. The molecule has 0 aliphatic rings. The van der Waals surface area contributed by atoms with E-state index in [0.717, 1.165) is 0 Å². The third-order valence-electron chi connectivity index (χ3n) is 2.54. The summed E-state index contributed by atoms with van der Waals surface area (Å²) >= 11 is 1.93. The first kappa shape index (κ1) is 8.76. The van der Waals surface area contributed by atoms with Crippen molar-refractivity contribution in [3.63, 3.8) is 0 Å². The van der Waals surface area contributed by atoms with E-state index in [0.29, 0.717) is 5.92 Å². The van der Waals surface area contributed by atoms with E-state index in [1.165, 1.54) is 21.4 Å². The Kier molecular flexibility index (Phi) is 2.36. The Balaban J connectivity index is 2.49. The Hall–Kier alpha value is -0.820. The SMILES string of the molecule is CC[C@@H](C)c1cc2ccccc2s1. The number of benzene rings is 1. The number of hydrogen-bond acceptors (Lipinski definition) is 1. The van der Waals surface area contributed by atoms with Crippen molar-refractivity contribution < 1.29 is 0 Å². The molecule has 1 aromatic carbocycles. The Labute approximate surface area is 83.2 Å². The monoisotopic (exact) mass is 190 g/mol. The first-order valence-electron chi connectivity index (χ1n) is 4.79. The van der Waals surface area contributed by atoms with Gasteiger partial charge in [0.05, 0.1) is 0 Å². The van der Waals surface area contributed by atoms with Gasteiger partial charge in [-0.3, -0.25) is 0 Å². The van der Waals surface area contributed by atoms with Crippen molar-refractivity contribution in [1.29, 1.82) is 0 Å². The lowest BCUT2D eigenvalue weighted by molar-refractivity contribution is 0.748. The Morgan fingerprint density at radius 2 is 2.08 bits per heavy atom. The fourth-order valence-electron chi connectivity index (χ4n) is 1.45. The molecule has 0 aliphatic heterocycles. The second-order valence-corrected chi connectivity index (χ2v) is 4.61. The lowest BCUT2D eigenvalue weighted by atomic mass is 10.1. The van der Waals surface area contributed by atoms with E-state index < -0.39 is 0 Å². The van der Waals surface area contributed by atoms with Gasteiger partial charge >= 0.3 is 0 Å². The third-order valence-corrected chi connectivity index (χ3v) is 3.89. The zero-order chi connectivity index (χ0) is 9.26. The molecular weight excluding hydrogens is 176 g/mol. The smallest absolute Gasteiger partial charge is 0.0345 e. The second kappa shape index (κ2) is 3.51. The van der Waals surface area contributed by atoms with Crippen molar-refractivity contribution >= 4 is 21.4 Å². The Bertz CT molecular complexity index is 367. The van der Waals surface area contributed by atoms with Crippen molar-refractivity contribution in [2.24, 2.45) is 0 Å². The highest BCUT2D eigenvalue weighted by Crippen LogP contribution is 2.31. The molecule has 0 amide bonds. The fourth-order valence-corrected chi connectivity index (χ4v) is 2.65. The minimum absolute atomic E-state index is 0.706. The lowest BCUT2D eigenvalue weighted by Gasteiger charge is -2.02. The number of hydrogen-bond donors (Lipinski definition) is 0. The van der Waals surface area contributed by atoms with Crippen LogP contribution in [0, 0.1) is 0 Å². The molecule has 1 aromatic heterocycles. The van der Waals surface area contributed by atoms with Gasteiger partial charge in [-0.25, -0.2) is 0 Å². The lowest BCUT2D eigenvalue weighted by Crippen LogP contribution is -1.84. The summed E-state index contributed by atoms with van der Waals surface area (Å²) in [5.74, 6) is 0.706. The molecule has 0 fully saturated rings. The maximum absolute atomic E-state index is 2.33. The molecule has 0 radical (unpaired) electrons. The second-order valence-electron chi connectivity index (χ2n) is 3.50. The van der Waals surface area contributed by atoms with Crippen molar-refractivity contribution in [2.75, 3.05) is 0 Å². The van der Waals surface area contributed by atoms with Crippen LogP contribution in [0.2, 0.25) is 0 Å². The van der Waals surface area contributed by atoms with Crippen LogP contribution in [0.1, 0.15) is 31.1 Å². The molecule has 1 heteroatoms. The van der Waals surface area contributed by atoms with Crippen LogP contribution in [0.3, 0.4) is 0 Å². The van der Waals surface area contributed by atoms with Crippen molar-refractivity contribution in [3.8, 4) is 0 Å². The maximum Gasteiger partial charge on any atom is 0.0345 e. The molecule has 0 nitrogen and oxygen atoms in total. The Morgan fingerprint density at radius 3 is 2.77 bits per heavy atom. The highest BCUT2D eigenvalue weighted by atomic mass is 32.1. The van der Waals surface area contributed by atoms with Crippen LogP contribution in [0.15, 0.2) is 30.3 Å². The minimum atomic E-state index is 0.706. The molecule has 0 bridgehead atoms. The molecule has 0 unspecified atom stereocenters. The summed E-state index contributed by atoms with van der Waals surface area (Å²) in [6, 6.07) is 10.9. The van der Waals surface area contributed by atoms with Gasteiger partial charge in [-0.2, -0.15) is 0 Å². The zero-order valence-corrected chi connectivity index (χ0v) is 8.90. The zero-order valence-electron chi connectivity index (χ0n) is 8.08. The van der Waals surface area contributed by atoms with E-state index >= 15 is 0 Å². The Morgan fingerprint density at radius 1 is 1.31 bits per heavy atom.